The Labute approximate surface area is 224 Å². The monoisotopic (exact) mass is 569 g/mol. The summed E-state index contributed by atoms with van der Waals surface area (Å²) in [7, 11) is 0. The average molecular weight is 570 g/mol. The van der Waals surface area contributed by atoms with Crippen LogP contribution in [0.15, 0.2) is 35.6 Å². The van der Waals surface area contributed by atoms with Crippen LogP contribution in [-0.4, -0.2) is 68.5 Å². The maximum Gasteiger partial charge on any atom is 0.422 e. The number of amides is 1. The number of hydrogen-bond donors (Lipinski definition) is 1. The number of alkyl halides is 4. The highest BCUT2D eigenvalue weighted by molar-refractivity contribution is 8.15. The minimum atomic E-state index is -4.54. The van der Waals surface area contributed by atoms with E-state index in [1.54, 1.807) is 6.92 Å². The lowest BCUT2D eigenvalue weighted by Gasteiger charge is -2.35. The number of rotatable bonds is 7. The van der Waals surface area contributed by atoms with Crippen molar-refractivity contribution in [2.24, 2.45) is 16.6 Å². The Balaban J connectivity index is 1.34. The molecule has 1 aromatic carbocycles. The minimum absolute atomic E-state index is 0.0198. The standard InChI is InChI=1S/C25H24F5N5O3S/c1-23(19-8-24(19,39-22(31)34-23)21(37)35-5-4-14(26)11-35)15-6-13(2-3-16(15)27)7-18(36)17-9-33-20(10-32-17)38-12-25(28,29)30/h2-3,6,9-10,14,19H,4-5,7-8,11-12H2,1H3,(H2,31,34)/t14-,19-,23+,24-/m0/s1. The highest BCUT2D eigenvalue weighted by atomic mass is 32.2. The van der Waals surface area contributed by atoms with Crippen molar-refractivity contribution >= 4 is 28.6 Å². The van der Waals surface area contributed by atoms with E-state index in [1.807, 2.05) is 0 Å². The molecule has 2 N–H and O–H groups in total. The number of carbonyl (C=O) groups excluding carboxylic acids is 2. The molecule has 3 aliphatic rings. The van der Waals surface area contributed by atoms with Crippen molar-refractivity contribution < 1.29 is 36.3 Å². The minimum Gasteiger partial charge on any atom is -0.467 e. The largest absolute Gasteiger partial charge is 0.467 e. The number of thioether (sulfide) groups is 1. The molecule has 1 saturated carbocycles. The maximum atomic E-state index is 15.2. The highest BCUT2D eigenvalue weighted by Gasteiger charge is 2.71. The molecular formula is C25H24F5N5O3S. The Hall–Kier alpha value is -3.29. The van der Waals surface area contributed by atoms with E-state index in [4.69, 9.17) is 5.73 Å². The van der Waals surface area contributed by atoms with Gasteiger partial charge in [0, 0.05) is 24.4 Å². The number of aliphatic imine (C=N–C) groups is 1. The van der Waals surface area contributed by atoms with Gasteiger partial charge in [-0.25, -0.2) is 18.7 Å². The first-order chi connectivity index (χ1) is 18.3. The van der Waals surface area contributed by atoms with Crippen molar-refractivity contribution in [3.63, 3.8) is 0 Å². The van der Waals surface area contributed by atoms with E-state index in [0.29, 0.717) is 18.5 Å². The Bertz CT molecular complexity index is 1340. The molecule has 1 aromatic heterocycles. The van der Waals surface area contributed by atoms with E-state index in [2.05, 4.69) is 19.7 Å². The third-order valence-corrected chi connectivity index (χ3v) is 8.53. The molecule has 0 radical (unpaired) electrons. The van der Waals surface area contributed by atoms with Crippen LogP contribution in [0.5, 0.6) is 5.88 Å². The number of halogens is 5. The van der Waals surface area contributed by atoms with E-state index in [1.165, 1.54) is 23.1 Å². The van der Waals surface area contributed by atoms with Crippen LogP contribution in [-0.2, 0) is 16.8 Å². The van der Waals surface area contributed by atoms with E-state index in [-0.39, 0.29) is 53.5 Å². The third-order valence-electron chi connectivity index (χ3n) is 7.24. The first-order valence-corrected chi connectivity index (χ1v) is 12.9. The number of nitrogens with two attached hydrogens (primary N) is 1. The van der Waals surface area contributed by atoms with Gasteiger partial charge in [-0.3, -0.25) is 14.6 Å². The number of nitrogens with zero attached hydrogens (tertiary/aromatic N) is 4. The highest BCUT2D eigenvalue weighted by Crippen LogP contribution is 2.66. The molecule has 5 rings (SSSR count). The van der Waals surface area contributed by atoms with Gasteiger partial charge in [0.2, 0.25) is 11.8 Å². The molecule has 8 nitrogen and oxygen atoms in total. The number of hydrogen-bond acceptors (Lipinski definition) is 8. The van der Waals surface area contributed by atoms with Crippen molar-refractivity contribution in [3.05, 3.63) is 53.2 Å². The first kappa shape index (κ1) is 27.3. The second-order valence-electron chi connectivity index (χ2n) is 10.0. The van der Waals surface area contributed by atoms with Crippen molar-refractivity contribution in [1.29, 1.82) is 0 Å². The lowest BCUT2D eigenvalue weighted by Crippen LogP contribution is -2.45. The normalized spacial score (nSPS) is 28.1. The van der Waals surface area contributed by atoms with Crippen LogP contribution >= 0.6 is 11.8 Å². The molecule has 39 heavy (non-hydrogen) atoms. The van der Waals surface area contributed by atoms with Gasteiger partial charge in [0.1, 0.15) is 22.4 Å². The molecule has 0 spiro atoms. The SMILES string of the molecule is C[C@]1(c2cc(CC(=O)c3cnc(OCC(F)(F)F)cn3)ccc2F)N=C(N)S[C@@]2(C(=O)N3CC[C@H](F)C3)C[C@H]21. The van der Waals surface area contributed by atoms with Crippen LogP contribution in [0.4, 0.5) is 22.0 Å². The molecule has 1 amide bonds. The molecule has 4 atom stereocenters. The summed E-state index contributed by atoms with van der Waals surface area (Å²) in [6.07, 6.45) is -3.22. The molecular weight excluding hydrogens is 545 g/mol. The fourth-order valence-corrected chi connectivity index (χ4v) is 6.71. The van der Waals surface area contributed by atoms with Gasteiger partial charge >= 0.3 is 6.18 Å². The van der Waals surface area contributed by atoms with E-state index >= 15 is 4.39 Å². The van der Waals surface area contributed by atoms with Crippen molar-refractivity contribution in [2.75, 3.05) is 19.7 Å². The fraction of sp³-hybridized carbons (Fsp3) is 0.480. The zero-order valence-electron chi connectivity index (χ0n) is 20.7. The van der Waals surface area contributed by atoms with Gasteiger partial charge in [-0.2, -0.15) is 13.2 Å². The van der Waals surface area contributed by atoms with Crippen LogP contribution < -0.4 is 10.5 Å². The summed E-state index contributed by atoms with van der Waals surface area (Å²) in [6, 6.07) is 4.13. The average Bonchev–Trinajstić information content (AvgIpc) is 3.48. The Morgan fingerprint density at radius 2 is 2.03 bits per heavy atom. The van der Waals surface area contributed by atoms with Crippen LogP contribution in [0.2, 0.25) is 0 Å². The number of amidine groups is 1. The Morgan fingerprint density at radius 1 is 1.26 bits per heavy atom. The van der Waals surface area contributed by atoms with Crippen LogP contribution in [0, 0.1) is 11.7 Å². The van der Waals surface area contributed by atoms with Gasteiger partial charge in [0.05, 0.1) is 24.5 Å². The summed E-state index contributed by atoms with van der Waals surface area (Å²) >= 11 is 1.13. The molecule has 2 fully saturated rings. The molecule has 2 aliphatic heterocycles. The molecule has 1 saturated heterocycles. The Kier molecular flexibility index (Phi) is 6.80. The quantitative estimate of drug-likeness (QED) is 0.401. The van der Waals surface area contributed by atoms with Gasteiger partial charge in [-0.05, 0) is 37.5 Å². The summed E-state index contributed by atoms with van der Waals surface area (Å²) in [5, 5.41) is 0.125. The Morgan fingerprint density at radius 3 is 2.67 bits per heavy atom. The van der Waals surface area contributed by atoms with Crippen LogP contribution in [0.25, 0.3) is 0 Å². The zero-order chi connectivity index (χ0) is 28.2. The van der Waals surface area contributed by atoms with Gasteiger partial charge in [-0.1, -0.05) is 17.8 Å². The molecule has 2 aromatic rings. The predicted molar refractivity (Wildman–Crippen MR) is 132 cm³/mol. The van der Waals surface area contributed by atoms with Gasteiger partial charge in [-0.15, -0.1) is 0 Å². The second kappa shape index (κ2) is 9.72. The first-order valence-electron chi connectivity index (χ1n) is 12.1. The lowest BCUT2D eigenvalue weighted by atomic mass is 9.84. The van der Waals surface area contributed by atoms with Crippen molar-refractivity contribution in [2.45, 2.75) is 48.8 Å². The number of ether oxygens (including phenoxy) is 1. The molecule has 1 aliphatic carbocycles. The van der Waals surface area contributed by atoms with Gasteiger partial charge in [0.15, 0.2) is 17.6 Å². The number of aromatic nitrogens is 2. The summed E-state index contributed by atoms with van der Waals surface area (Å²) < 4.78 is 69.4. The van der Waals surface area contributed by atoms with Gasteiger partial charge in [0.25, 0.3) is 0 Å². The van der Waals surface area contributed by atoms with E-state index in [0.717, 1.165) is 24.2 Å². The number of fused-ring (bicyclic) bond motifs is 1. The molecule has 208 valence electrons. The predicted octanol–water partition coefficient (Wildman–Crippen LogP) is 3.59. The molecule has 0 bridgehead atoms. The number of Topliss-reactive ketones (excluding diaryl/α,β-unsaturated/α-hetero) is 1. The zero-order valence-corrected chi connectivity index (χ0v) is 21.5. The van der Waals surface area contributed by atoms with Crippen LogP contribution in [0.1, 0.15) is 41.4 Å². The maximum absolute atomic E-state index is 15.2. The topological polar surface area (TPSA) is 111 Å². The number of carbonyl (C=O) groups is 2. The third kappa shape index (κ3) is 5.30. The smallest absolute Gasteiger partial charge is 0.422 e. The summed E-state index contributed by atoms with van der Waals surface area (Å²) in [6.45, 7) is 0.481. The van der Waals surface area contributed by atoms with E-state index in [9.17, 15) is 27.2 Å². The number of benzene rings is 1. The molecule has 14 heteroatoms. The summed E-state index contributed by atoms with van der Waals surface area (Å²) in [4.78, 5) is 39.7. The number of likely N-dealkylation sites (tertiary alicyclic amines) is 1. The van der Waals surface area contributed by atoms with E-state index < -0.39 is 40.8 Å². The fourth-order valence-electron chi connectivity index (χ4n) is 5.26. The van der Waals surface area contributed by atoms with Crippen molar-refractivity contribution in [1.82, 2.24) is 14.9 Å². The summed E-state index contributed by atoms with van der Waals surface area (Å²) in [5.41, 5.74) is 5.42. The van der Waals surface area contributed by atoms with Gasteiger partial charge < -0.3 is 15.4 Å². The molecule has 0 unspecified atom stereocenters. The molecule has 3 heterocycles. The lowest BCUT2D eigenvalue weighted by molar-refractivity contribution is -0.154. The summed E-state index contributed by atoms with van der Waals surface area (Å²) in [5.74, 6) is -2.08. The van der Waals surface area contributed by atoms with Crippen molar-refractivity contribution in [3.8, 4) is 5.88 Å². The van der Waals surface area contributed by atoms with Crippen LogP contribution in [0.3, 0.4) is 0 Å². The second-order valence-corrected chi connectivity index (χ2v) is 11.4. The number of ketones is 1.